The second-order valence-corrected chi connectivity index (χ2v) is 6.10. The van der Waals surface area contributed by atoms with Gasteiger partial charge in [0.15, 0.2) is 0 Å². The summed E-state index contributed by atoms with van der Waals surface area (Å²) in [7, 11) is 0. The van der Waals surface area contributed by atoms with E-state index in [1.54, 1.807) is 0 Å². The Labute approximate surface area is 114 Å². The number of ether oxygens (including phenoxy) is 1. The average molecular weight is 268 g/mol. The number of hydrogen-bond donors (Lipinski definition) is 1. The minimum Gasteiger partial charge on any atom is -0.481 e. The van der Waals surface area contributed by atoms with Crippen LogP contribution in [0.3, 0.4) is 0 Å². The first-order valence-electron chi connectivity index (χ1n) is 7.44. The Hall–Kier alpha value is -1.06. The summed E-state index contributed by atoms with van der Waals surface area (Å²) in [5, 5.41) is 8.70. The van der Waals surface area contributed by atoms with E-state index in [2.05, 4.69) is 0 Å². The summed E-state index contributed by atoms with van der Waals surface area (Å²) in [4.78, 5) is 22.4. The molecular formula is C15H24O4. The lowest BCUT2D eigenvalue weighted by atomic mass is 9.73. The average Bonchev–Trinajstić information content (AvgIpc) is 2.97. The molecule has 2 aliphatic rings. The van der Waals surface area contributed by atoms with E-state index < -0.39 is 24.0 Å². The van der Waals surface area contributed by atoms with E-state index in [4.69, 9.17) is 9.84 Å². The van der Waals surface area contributed by atoms with Crippen molar-refractivity contribution >= 4 is 11.9 Å². The normalized spacial score (nSPS) is 29.5. The van der Waals surface area contributed by atoms with E-state index in [1.807, 2.05) is 13.8 Å². The van der Waals surface area contributed by atoms with Crippen LogP contribution in [0.4, 0.5) is 0 Å². The van der Waals surface area contributed by atoms with Gasteiger partial charge in [-0.1, -0.05) is 20.3 Å². The van der Waals surface area contributed by atoms with Crippen molar-refractivity contribution in [1.29, 1.82) is 0 Å². The molecule has 0 aromatic rings. The molecule has 19 heavy (non-hydrogen) atoms. The minimum absolute atomic E-state index is 0.430. The van der Waals surface area contributed by atoms with Crippen molar-refractivity contribution in [2.45, 2.75) is 64.4 Å². The molecule has 3 unspecified atom stereocenters. The highest BCUT2D eigenvalue weighted by Crippen LogP contribution is 2.54. The van der Waals surface area contributed by atoms with Gasteiger partial charge < -0.3 is 9.84 Å². The minimum atomic E-state index is -1.11. The topological polar surface area (TPSA) is 63.6 Å². The third-order valence-corrected chi connectivity index (χ3v) is 5.22. The maximum absolute atomic E-state index is 11.7. The molecule has 0 spiro atoms. The molecular weight excluding hydrogens is 244 g/mol. The monoisotopic (exact) mass is 268 g/mol. The standard InChI is InChI=1S/C15H24O4/c1-3-15(4-2,19-14(18)9-13(16)17)12-8-10-5-6-11(12)7-10/h10-12H,3-9H2,1-2H3,(H,16,17). The Morgan fingerprint density at radius 3 is 2.32 bits per heavy atom. The zero-order valence-electron chi connectivity index (χ0n) is 11.9. The Morgan fingerprint density at radius 1 is 1.21 bits per heavy atom. The Morgan fingerprint density at radius 2 is 1.89 bits per heavy atom. The predicted octanol–water partition coefficient (Wildman–Crippen LogP) is 3.00. The molecule has 2 rings (SSSR count). The van der Waals surface area contributed by atoms with Crippen LogP contribution in [-0.2, 0) is 14.3 Å². The molecule has 0 heterocycles. The molecule has 0 aromatic heterocycles. The lowest BCUT2D eigenvalue weighted by Gasteiger charge is -2.41. The molecule has 0 saturated heterocycles. The molecule has 0 amide bonds. The first-order valence-corrected chi connectivity index (χ1v) is 7.44. The molecule has 0 aliphatic heterocycles. The van der Waals surface area contributed by atoms with E-state index in [-0.39, 0.29) is 0 Å². The Balaban J connectivity index is 2.09. The van der Waals surface area contributed by atoms with Crippen LogP contribution >= 0.6 is 0 Å². The highest BCUT2D eigenvalue weighted by molar-refractivity contribution is 5.90. The van der Waals surface area contributed by atoms with Crippen LogP contribution < -0.4 is 0 Å². The summed E-state index contributed by atoms with van der Waals surface area (Å²) in [5.41, 5.74) is -0.438. The quantitative estimate of drug-likeness (QED) is 0.594. The van der Waals surface area contributed by atoms with Crippen molar-refractivity contribution in [3.63, 3.8) is 0 Å². The third kappa shape index (κ3) is 2.77. The van der Waals surface area contributed by atoms with Crippen molar-refractivity contribution in [3.8, 4) is 0 Å². The fourth-order valence-electron chi connectivity index (χ4n) is 4.27. The highest BCUT2D eigenvalue weighted by Gasteiger charge is 2.51. The largest absolute Gasteiger partial charge is 0.481 e. The summed E-state index contributed by atoms with van der Waals surface area (Å²) >= 11 is 0. The fourth-order valence-corrected chi connectivity index (χ4v) is 4.27. The number of aliphatic carboxylic acids is 1. The molecule has 2 saturated carbocycles. The second kappa shape index (κ2) is 5.51. The molecule has 4 nitrogen and oxygen atoms in total. The Bertz CT molecular complexity index is 359. The maximum atomic E-state index is 11.7. The molecule has 108 valence electrons. The Kier molecular flexibility index (Phi) is 4.16. The van der Waals surface area contributed by atoms with E-state index in [9.17, 15) is 9.59 Å². The zero-order valence-corrected chi connectivity index (χ0v) is 11.9. The van der Waals surface area contributed by atoms with Crippen molar-refractivity contribution in [2.24, 2.45) is 17.8 Å². The van der Waals surface area contributed by atoms with E-state index in [0.29, 0.717) is 11.8 Å². The number of carbonyl (C=O) groups excluding carboxylic acids is 1. The number of carboxylic acids is 1. The van der Waals surface area contributed by atoms with Gasteiger partial charge >= 0.3 is 11.9 Å². The summed E-state index contributed by atoms with van der Waals surface area (Å²) < 4.78 is 5.66. The lowest BCUT2D eigenvalue weighted by Crippen LogP contribution is -2.44. The molecule has 2 fully saturated rings. The maximum Gasteiger partial charge on any atom is 0.317 e. The van der Waals surface area contributed by atoms with Gasteiger partial charge in [-0.15, -0.1) is 0 Å². The van der Waals surface area contributed by atoms with Crippen LogP contribution in [0.1, 0.15) is 58.8 Å². The SMILES string of the molecule is CCC(CC)(OC(=O)CC(=O)O)C1CC2CCC1C2. The van der Waals surface area contributed by atoms with Gasteiger partial charge in [-0.25, -0.2) is 0 Å². The number of fused-ring (bicyclic) bond motifs is 2. The summed E-state index contributed by atoms with van der Waals surface area (Å²) in [6, 6.07) is 0. The van der Waals surface area contributed by atoms with Gasteiger partial charge in [-0.05, 0) is 43.9 Å². The molecule has 0 radical (unpaired) electrons. The van der Waals surface area contributed by atoms with Gasteiger partial charge in [0.2, 0.25) is 0 Å². The van der Waals surface area contributed by atoms with E-state index >= 15 is 0 Å². The van der Waals surface area contributed by atoms with Crippen LogP contribution in [-0.4, -0.2) is 22.6 Å². The molecule has 4 heteroatoms. The smallest absolute Gasteiger partial charge is 0.317 e. The lowest BCUT2D eigenvalue weighted by molar-refractivity contribution is -0.173. The van der Waals surface area contributed by atoms with Crippen LogP contribution in [0.15, 0.2) is 0 Å². The molecule has 3 atom stereocenters. The summed E-state index contributed by atoms with van der Waals surface area (Å²) in [6.07, 6.45) is 6.00. The number of hydrogen-bond acceptors (Lipinski definition) is 3. The highest BCUT2D eigenvalue weighted by atomic mass is 16.6. The van der Waals surface area contributed by atoms with Gasteiger partial charge in [0.1, 0.15) is 12.0 Å². The predicted molar refractivity (Wildman–Crippen MR) is 70.6 cm³/mol. The van der Waals surface area contributed by atoms with E-state index in [1.165, 1.54) is 19.3 Å². The zero-order chi connectivity index (χ0) is 14.0. The van der Waals surface area contributed by atoms with Crippen molar-refractivity contribution in [1.82, 2.24) is 0 Å². The second-order valence-electron chi connectivity index (χ2n) is 6.10. The van der Waals surface area contributed by atoms with Gasteiger partial charge in [0.25, 0.3) is 0 Å². The van der Waals surface area contributed by atoms with Crippen molar-refractivity contribution < 1.29 is 19.4 Å². The molecule has 0 aromatic carbocycles. The van der Waals surface area contributed by atoms with Crippen LogP contribution in [0.5, 0.6) is 0 Å². The summed E-state index contributed by atoms with van der Waals surface area (Å²) in [6.45, 7) is 4.09. The molecule has 1 N–H and O–H groups in total. The van der Waals surface area contributed by atoms with Gasteiger partial charge in [0.05, 0.1) is 0 Å². The van der Waals surface area contributed by atoms with Crippen molar-refractivity contribution in [2.75, 3.05) is 0 Å². The number of esters is 1. The number of rotatable bonds is 6. The van der Waals surface area contributed by atoms with Gasteiger partial charge in [-0.3, -0.25) is 9.59 Å². The number of carbonyl (C=O) groups is 2. The fraction of sp³-hybridized carbons (Fsp3) is 0.867. The first kappa shape index (κ1) is 14.4. The van der Waals surface area contributed by atoms with E-state index in [0.717, 1.165) is 25.2 Å². The third-order valence-electron chi connectivity index (χ3n) is 5.22. The van der Waals surface area contributed by atoms with Crippen LogP contribution in [0.2, 0.25) is 0 Å². The van der Waals surface area contributed by atoms with Crippen LogP contribution in [0, 0.1) is 17.8 Å². The summed E-state index contributed by atoms with van der Waals surface area (Å²) in [5.74, 6) is 0.199. The van der Waals surface area contributed by atoms with Gasteiger partial charge in [0, 0.05) is 5.92 Å². The molecule has 2 aliphatic carbocycles. The van der Waals surface area contributed by atoms with Crippen molar-refractivity contribution in [3.05, 3.63) is 0 Å². The first-order chi connectivity index (χ1) is 9.00. The van der Waals surface area contributed by atoms with Crippen LogP contribution in [0.25, 0.3) is 0 Å². The van der Waals surface area contributed by atoms with Gasteiger partial charge in [-0.2, -0.15) is 0 Å². The molecule has 2 bridgehead atoms. The number of carboxylic acid groups (broad SMARTS) is 1.